The van der Waals surface area contributed by atoms with Gasteiger partial charge in [-0.3, -0.25) is 0 Å². The summed E-state index contributed by atoms with van der Waals surface area (Å²) in [4.78, 5) is 0. The summed E-state index contributed by atoms with van der Waals surface area (Å²) in [5.41, 5.74) is 0.125. The Kier molecular flexibility index (Phi) is 11.9. The second-order valence-electron chi connectivity index (χ2n) is 3.73. The van der Waals surface area contributed by atoms with E-state index in [2.05, 4.69) is 19.2 Å². The Morgan fingerprint density at radius 1 is 0.708 bits per heavy atom. The Balaban J connectivity index is -0.000000353. The third-order valence-electron chi connectivity index (χ3n) is 2.43. The van der Waals surface area contributed by atoms with E-state index < -0.39 is 34.6 Å². The number of hydrogen-bond donors (Lipinski definition) is 0. The van der Waals surface area contributed by atoms with E-state index in [1.165, 1.54) is 0 Å². The van der Waals surface area contributed by atoms with Gasteiger partial charge in [-0.2, -0.15) is 30.3 Å². The fourth-order valence-corrected chi connectivity index (χ4v) is 1.34. The molecule has 0 unspecified atom stereocenters. The van der Waals surface area contributed by atoms with Crippen molar-refractivity contribution in [2.45, 2.75) is 14.9 Å². The van der Waals surface area contributed by atoms with Crippen LogP contribution in [0.3, 0.4) is 0 Å². The largest absolute Gasteiger partial charge is 0.203 e. The SMILES string of the molecule is C.C.C=Cc1c(F)c(F)c(F)c(F)c1F.C=Cc1cc[c-]cc1.[Rf]. The van der Waals surface area contributed by atoms with Gasteiger partial charge >= 0.3 is 0 Å². The Labute approximate surface area is 133 Å². The predicted molar refractivity (Wildman–Crippen MR) is 85.2 cm³/mol. The maximum Gasteiger partial charge on any atom is 0.200 e. The molecule has 128 valence electrons. The van der Waals surface area contributed by atoms with Gasteiger partial charge in [0.15, 0.2) is 23.3 Å². The van der Waals surface area contributed by atoms with Crippen molar-refractivity contribution >= 4 is 12.2 Å². The third kappa shape index (κ3) is 5.40. The van der Waals surface area contributed by atoms with Gasteiger partial charge in [-0.05, 0) is 0 Å². The molecular formula is C18H18F5Rf-. The normalized spacial score (nSPS) is 8.38. The van der Waals surface area contributed by atoms with Crippen molar-refractivity contribution < 1.29 is 22.0 Å². The van der Waals surface area contributed by atoms with E-state index in [1.54, 1.807) is 0 Å². The number of hydrogen-bond acceptors (Lipinski definition) is 0. The minimum atomic E-state index is -2.17. The van der Waals surface area contributed by atoms with Crippen LogP contribution in [0.4, 0.5) is 22.0 Å². The summed E-state index contributed by atoms with van der Waals surface area (Å²) >= 11 is 0. The Morgan fingerprint density at radius 2 is 1.08 bits per heavy atom. The average molecular weight is 596 g/mol. The molecule has 0 N–H and O–H groups in total. The summed E-state index contributed by atoms with van der Waals surface area (Å²) in [6.07, 6.45) is 2.38. The van der Waals surface area contributed by atoms with E-state index in [4.69, 9.17) is 0 Å². The Bertz CT molecular complexity index is 625. The fraction of sp³-hybridized carbons (Fsp3) is 0.111. The van der Waals surface area contributed by atoms with Gasteiger partial charge in [0.2, 0.25) is 5.82 Å². The number of benzene rings is 2. The van der Waals surface area contributed by atoms with E-state index in [9.17, 15) is 22.0 Å². The summed E-state index contributed by atoms with van der Waals surface area (Å²) in [5.74, 6) is -9.83. The first kappa shape index (κ1) is 25.5. The van der Waals surface area contributed by atoms with Gasteiger partial charge in [0.25, 0.3) is 0 Å². The average Bonchev–Trinajstić information content (AvgIpc) is 2.53. The molecule has 0 radical (unpaired) electrons. The molecule has 6 heteroatoms. The Hall–Kier alpha value is -3.43. The first-order valence-electron chi connectivity index (χ1n) is 5.66. The van der Waals surface area contributed by atoms with Crippen molar-refractivity contribution in [1.82, 2.24) is 0 Å². The zero-order valence-electron chi connectivity index (χ0n) is 11.5. The molecule has 0 atom stereocenters. The van der Waals surface area contributed by atoms with Crippen molar-refractivity contribution in [3.63, 3.8) is 0 Å². The van der Waals surface area contributed by atoms with E-state index >= 15 is 0 Å². The molecule has 24 heavy (non-hydrogen) atoms. The molecule has 0 saturated carbocycles. The second-order valence-corrected chi connectivity index (χ2v) is 3.73. The molecule has 2 aromatic rings. The smallest absolute Gasteiger partial charge is 0.200 e. The summed E-state index contributed by atoms with van der Waals surface area (Å²) in [6.45, 7) is 6.55. The van der Waals surface area contributed by atoms with Crippen molar-refractivity contribution in [3.05, 3.63) is 83.7 Å². The van der Waals surface area contributed by atoms with Gasteiger partial charge in [-0.1, -0.05) is 33.6 Å². The second kappa shape index (κ2) is 11.2. The van der Waals surface area contributed by atoms with Gasteiger partial charge < -0.3 is 0 Å². The monoisotopic (exact) mass is 596 g/mol. The maximum atomic E-state index is 12.6. The molecule has 0 spiro atoms. The van der Waals surface area contributed by atoms with E-state index in [1.807, 2.05) is 30.3 Å². The van der Waals surface area contributed by atoms with Crippen molar-refractivity contribution in [2.75, 3.05) is 0 Å². The van der Waals surface area contributed by atoms with Gasteiger partial charge in [0.1, 0.15) is 0 Å². The van der Waals surface area contributed by atoms with Gasteiger partial charge in [-0.25, -0.2) is 22.0 Å². The van der Waals surface area contributed by atoms with Crippen LogP contribution in [0, 0.1) is 35.2 Å². The molecule has 0 nitrogen and oxygen atoms in total. The van der Waals surface area contributed by atoms with Crippen LogP contribution in [0.1, 0.15) is 26.0 Å². The molecule has 0 aliphatic heterocycles. The predicted octanol–water partition coefficient (Wildman–Crippen LogP) is 6.43. The van der Waals surface area contributed by atoms with Gasteiger partial charge in [0.05, 0.1) is 5.56 Å². The molecular weight excluding hydrogens is 578 g/mol. The number of rotatable bonds is 2. The molecule has 0 fully saturated rings. The minimum Gasteiger partial charge on any atom is -0.203 e. The van der Waals surface area contributed by atoms with Crippen LogP contribution in [0.15, 0.2) is 37.4 Å². The summed E-state index contributed by atoms with van der Waals surface area (Å²) in [5, 5.41) is 0. The molecule has 0 saturated heterocycles. The molecule has 0 aromatic heterocycles. The topological polar surface area (TPSA) is 0 Å². The van der Waals surface area contributed by atoms with Crippen LogP contribution in [0.25, 0.3) is 12.2 Å². The molecule has 0 heterocycles. The van der Waals surface area contributed by atoms with Crippen LogP contribution in [0.5, 0.6) is 0 Å². The van der Waals surface area contributed by atoms with Crippen molar-refractivity contribution in [1.29, 1.82) is 0 Å². The Morgan fingerprint density at radius 3 is 1.38 bits per heavy atom. The van der Waals surface area contributed by atoms with Crippen LogP contribution >= 0.6 is 0 Å². The first-order valence-corrected chi connectivity index (χ1v) is 5.66. The van der Waals surface area contributed by atoms with Crippen LogP contribution < -0.4 is 0 Å². The quantitative estimate of drug-likeness (QED) is 0.162. The van der Waals surface area contributed by atoms with Gasteiger partial charge in [-0.15, -0.1) is 12.1 Å². The van der Waals surface area contributed by atoms with E-state index in [0.29, 0.717) is 6.08 Å². The maximum absolute atomic E-state index is 12.6. The first-order chi connectivity index (χ1) is 9.93. The number of halogens is 5. The molecule has 0 bridgehead atoms. The minimum absolute atomic E-state index is 0. The van der Waals surface area contributed by atoms with Crippen molar-refractivity contribution in [2.24, 2.45) is 0 Å². The molecule has 0 aliphatic carbocycles. The summed E-state index contributed by atoms with van der Waals surface area (Å²) in [6, 6.07) is 10.6. The standard InChI is InChI=1S/C8H3F5.C8H7.2CH4.Rf/c1-2-3-4(9)6(11)8(13)7(12)5(3)10;1-2-8-6-4-3-5-7-8;;;/h2H,1H2;2,4-7H,1H2;2*1H4;/q;-1;;;. The zero-order valence-corrected chi connectivity index (χ0v) is 17.9. The molecule has 0 aliphatic rings. The van der Waals surface area contributed by atoms with Crippen LogP contribution in [-0.4, -0.2) is 0 Å². The van der Waals surface area contributed by atoms with Crippen LogP contribution in [-0.2, 0) is 0 Å². The fourth-order valence-electron chi connectivity index (χ4n) is 1.34. The van der Waals surface area contributed by atoms with Gasteiger partial charge in [0, 0.05) is 0 Å². The molecule has 0 amide bonds. The van der Waals surface area contributed by atoms with E-state index in [-0.39, 0.29) is 14.9 Å². The summed E-state index contributed by atoms with van der Waals surface area (Å²) in [7, 11) is 0. The third-order valence-corrected chi connectivity index (χ3v) is 2.43. The summed E-state index contributed by atoms with van der Waals surface area (Å²) < 4.78 is 62.4. The molecule has 2 aromatic carbocycles. The van der Waals surface area contributed by atoms with E-state index in [0.717, 1.165) is 5.56 Å². The van der Waals surface area contributed by atoms with Crippen molar-refractivity contribution in [3.8, 4) is 0 Å². The molecule has 2 rings (SSSR count). The van der Waals surface area contributed by atoms with Crippen LogP contribution in [0.2, 0.25) is 0 Å². The zero-order chi connectivity index (χ0) is 16.0.